The maximum atomic E-state index is 12.4. The second kappa shape index (κ2) is 16.9. The summed E-state index contributed by atoms with van der Waals surface area (Å²) in [5.41, 5.74) is 3.13. The van der Waals surface area contributed by atoms with Gasteiger partial charge >= 0.3 is 292 Å². The molecule has 0 aromatic heterocycles. The predicted octanol–water partition coefficient (Wildman–Crippen LogP) is 9.62. The molecule has 1 unspecified atom stereocenters. The van der Waals surface area contributed by atoms with Crippen molar-refractivity contribution in [2.24, 2.45) is 0 Å². The van der Waals surface area contributed by atoms with E-state index < -0.39 is 19.1 Å². The van der Waals surface area contributed by atoms with Crippen molar-refractivity contribution in [1.82, 2.24) is 4.67 Å². The Labute approximate surface area is 291 Å². The quantitative estimate of drug-likeness (QED) is 0.0356. The van der Waals surface area contributed by atoms with Crippen LogP contribution in [-0.2, 0) is 14.2 Å². The Morgan fingerprint density at radius 1 is 0.796 bits per heavy atom. The average molecular weight is 686 g/mol. The van der Waals surface area contributed by atoms with E-state index in [9.17, 15) is 15.4 Å². The molecule has 4 aromatic carbocycles. The van der Waals surface area contributed by atoms with E-state index in [0.29, 0.717) is 23.5 Å². The Kier molecular flexibility index (Phi) is 12.9. The van der Waals surface area contributed by atoms with E-state index in [4.69, 9.17) is 18.5 Å². The second-order valence-electron chi connectivity index (χ2n) is 12.3. The van der Waals surface area contributed by atoms with Gasteiger partial charge in [-0.1, -0.05) is 0 Å². The Hall–Kier alpha value is -4.32. The van der Waals surface area contributed by atoms with Gasteiger partial charge in [-0.15, -0.1) is 0 Å². The van der Waals surface area contributed by atoms with E-state index in [1.807, 2.05) is 73.7 Å². The summed E-state index contributed by atoms with van der Waals surface area (Å²) in [5.74, 6) is 1.38. The molecule has 0 aliphatic rings. The van der Waals surface area contributed by atoms with Crippen molar-refractivity contribution >= 4 is 13.6 Å². The molecule has 0 bridgehead atoms. The third kappa shape index (κ3) is 7.49. The summed E-state index contributed by atoms with van der Waals surface area (Å²) < 4.78 is 28.6. The summed E-state index contributed by atoms with van der Waals surface area (Å²) in [5, 5.41) is 21.1. The third-order valence-electron chi connectivity index (χ3n) is 8.84. The first-order valence-corrected chi connectivity index (χ1v) is 18.4. The number of rotatable bonds is 17. The van der Waals surface area contributed by atoms with Crippen LogP contribution in [0.25, 0.3) is 0 Å². The zero-order valence-electron chi connectivity index (χ0n) is 29.5. The zero-order valence-corrected chi connectivity index (χ0v) is 30.5. The van der Waals surface area contributed by atoms with Crippen LogP contribution in [0.5, 0.6) is 11.5 Å². The van der Waals surface area contributed by atoms with Gasteiger partial charge in [-0.3, -0.25) is 0 Å². The summed E-state index contributed by atoms with van der Waals surface area (Å²) in [7, 11) is -0.826. The Morgan fingerprint density at radius 2 is 1.29 bits per heavy atom. The molecule has 4 aromatic rings. The number of benzene rings is 4. The molecule has 0 spiro atoms. The van der Waals surface area contributed by atoms with Gasteiger partial charge < -0.3 is 0 Å². The van der Waals surface area contributed by atoms with Crippen LogP contribution in [0.4, 0.5) is 5.69 Å². The fraction of sp³-hybridized carbons (Fsp3) is 0.359. The van der Waals surface area contributed by atoms with Crippen LogP contribution < -0.4 is 9.47 Å². The molecule has 0 amide bonds. The number of nitro benzene ring substituents is 1. The minimum atomic E-state index is -4.09. The van der Waals surface area contributed by atoms with Gasteiger partial charge in [-0.25, -0.2) is 0 Å². The predicted molar refractivity (Wildman–Crippen MR) is 196 cm³/mol. The van der Waals surface area contributed by atoms with E-state index in [1.54, 1.807) is 32.4 Å². The van der Waals surface area contributed by atoms with Crippen LogP contribution in [-0.4, -0.2) is 42.5 Å². The monoisotopic (exact) mass is 685 g/mol. The summed E-state index contributed by atoms with van der Waals surface area (Å²) in [6.07, 6.45) is -0.170. The second-order valence-corrected chi connectivity index (χ2v) is 15.3. The first-order valence-electron chi connectivity index (χ1n) is 16.7. The fourth-order valence-electron chi connectivity index (χ4n) is 6.97. The van der Waals surface area contributed by atoms with Gasteiger partial charge in [0.05, 0.1) is 0 Å². The molecule has 0 fully saturated rings. The van der Waals surface area contributed by atoms with Crippen LogP contribution >= 0.6 is 7.87 Å². The third-order valence-corrected chi connectivity index (χ3v) is 13.6. The number of nitriles is 1. The molecule has 0 saturated carbocycles. The standard InChI is InChI=1S/C39H48N3O6P/c1-8-38(36-17-12-13-18-37(36)42(43)44)48-49(47-28-14-27-40,41(29(2)3)30(4)5)39(31-15-10-9-11-16-31,32-19-23-34(45-6)24-20-32)33-21-25-35(46-7)26-22-33/h9-13,15-26,29-30,38,49H,8,14,28H2,1-7H3. The average Bonchev–Trinajstić information content (AvgIpc) is 3.11. The summed E-state index contributed by atoms with van der Waals surface area (Å²) in [6.45, 7) is 10.5. The molecular formula is C39H48N3O6P. The Balaban J connectivity index is 2.28. The van der Waals surface area contributed by atoms with Gasteiger partial charge in [0.15, 0.2) is 0 Å². The van der Waals surface area contributed by atoms with Gasteiger partial charge in [0, 0.05) is 0 Å². The van der Waals surface area contributed by atoms with E-state index >= 15 is 0 Å². The molecule has 0 heterocycles. The molecular weight excluding hydrogens is 637 g/mol. The van der Waals surface area contributed by atoms with Crippen LogP contribution in [0, 0.1) is 21.4 Å². The summed E-state index contributed by atoms with van der Waals surface area (Å²) >= 11 is 0. The fourth-order valence-corrected chi connectivity index (χ4v) is 12.1. The molecule has 1 atom stereocenters. The van der Waals surface area contributed by atoms with Crippen molar-refractivity contribution in [3.05, 3.63) is 135 Å². The van der Waals surface area contributed by atoms with E-state index in [-0.39, 0.29) is 35.7 Å². The summed E-state index contributed by atoms with van der Waals surface area (Å²) in [6, 6.07) is 34.8. The van der Waals surface area contributed by atoms with Crippen molar-refractivity contribution in [3.8, 4) is 17.6 Å². The number of ether oxygens (including phenoxy) is 2. The Morgan fingerprint density at radius 3 is 1.73 bits per heavy atom. The normalized spacial score (nSPS) is 12.9. The number of methoxy groups -OCH3 is 2. The zero-order chi connectivity index (χ0) is 35.6. The van der Waals surface area contributed by atoms with Crippen molar-refractivity contribution in [2.75, 3.05) is 20.8 Å². The van der Waals surface area contributed by atoms with Crippen LogP contribution in [0.3, 0.4) is 0 Å². The molecule has 49 heavy (non-hydrogen) atoms. The molecule has 10 heteroatoms. The number of nitro groups is 1. The van der Waals surface area contributed by atoms with Crippen molar-refractivity contribution in [2.45, 2.75) is 70.8 Å². The van der Waals surface area contributed by atoms with Crippen LogP contribution in [0.2, 0.25) is 0 Å². The topological polar surface area (TPSA) is 107 Å². The molecule has 0 aliphatic heterocycles. The first-order chi connectivity index (χ1) is 23.6. The molecule has 0 aliphatic carbocycles. The van der Waals surface area contributed by atoms with E-state index in [0.717, 1.165) is 16.7 Å². The van der Waals surface area contributed by atoms with Crippen LogP contribution in [0.1, 0.15) is 75.8 Å². The van der Waals surface area contributed by atoms with Gasteiger partial charge in [-0.05, 0) is 0 Å². The molecule has 4 rings (SSSR count). The van der Waals surface area contributed by atoms with Crippen molar-refractivity contribution in [1.29, 1.82) is 5.26 Å². The van der Waals surface area contributed by atoms with Crippen LogP contribution in [0.15, 0.2) is 103 Å². The van der Waals surface area contributed by atoms with Gasteiger partial charge in [0.25, 0.3) is 0 Å². The number of para-hydroxylation sites is 1. The van der Waals surface area contributed by atoms with Gasteiger partial charge in [0.1, 0.15) is 0 Å². The van der Waals surface area contributed by atoms with Gasteiger partial charge in [0.2, 0.25) is 0 Å². The summed E-state index contributed by atoms with van der Waals surface area (Å²) in [4.78, 5) is 12.1. The van der Waals surface area contributed by atoms with E-state index in [1.165, 1.54) is 6.07 Å². The molecule has 0 N–H and O–H groups in total. The van der Waals surface area contributed by atoms with E-state index in [2.05, 4.69) is 50.6 Å². The molecule has 260 valence electrons. The number of nitrogens with zero attached hydrogens (tertiary/aromatic N) is 3. The van der Waals surface area contributed by atoms with Crippen molar-refractivity contribution < 1.29 is 23.4 Å². The number of hydrogen-bond donors (Lipinski definition) is 0. The maximum absolute atomic E-state index is 12.4. The molecule has 9 nitrogen and oxygen atoms in total. The first kappa shape index (κ1) is 37.5. The van der Waals surface area contributed by atoms with Gasteiger partial charge in [-0.2, -0.15) is 0 Å². The molecule has 0 saturated heterocycles. The number of hydrogen-bond acceptors (Lipinski definition) is 8. The Bertz CT molecular complexity index is 1640. The minimum absolute atomic E-state index is 0.0193. The SMILES string of the molecule is CCC(O[PH](OCCC#N)(N(C(C)C)C(C)C)C(c1ccccc1)(c1ccc(OC)cc1)c1ccc(OC)cc1)c1ccccc1[N+](=O)[O-]. The molecule has 0 radical (unpaired) electrons. The van der Waals surface area contributed by atoms with Crippen molar-refractivity contribution in [3.63, 3.8) is 0 Å².